The summed E-state index contributed by atoms with van der Waals surface area (Å²) in [6.07, 6.45) is 3.20. The lowest BCUT2D eigenvalue weighted by molar-refractivity contribution is -0.122. The molecule has 2 aromatic carbocycles. The molecule has 154 valence electrons. The summed E-state index contributed by atoms with van der Waals surface area (Å²) in [4.78, 5) is 29.6. The average molecular weight is 403 g/mol. The van der Waals surface area contributed by atoms with Gasteiger partial charge in [0.25, 0.3) is 11.8 Å². The largest absolute Gasteiger partial charge is 0.480 e. The van der Waals surface area contributed by atoms with Crippen LogP contribution >= 0.6 is 0 Å². The molecular formula is C24H25N3O3. The standard InChI is InChI=1S/C24H25N3O3/c1-3-21(30-22-13-7-4-9-17(22)2)24(29)27-20-12-6-5-11-19(20)23(28)26-16-18-10-8-14-25-15-18/h4-15,21H,3,16H2,1-2H3,(H,26,28)(H,27,29)/t21-/m0/s1. The molecule has 0 unspecified atom stereocenters. The van der Waals surface area contributed by atoms with E-state index in [4.69, 9.17) is 4.74 Å². The second kappa shape index (κ2) is 10.2. The number of carbonyl (C=O) groups excluding carboxylic acids is 2. The van der Waals surface area contributed by atoms with Crippen LogP contribution in [0.5, 0.6) is 5.75 Å². The second-order valence-corrected chi connectivity index (χ2v) is 6.86. The number of para-hydroxylation sites is 2. The Morgan fingerprint density at radius 1 is 1.03 bits per heavy atom. The van der Waals surface area contributed by atoms with Gasteiger partial charge in [-0.3, -0.25) is 14.6 Å². The number of aryl methyl sites for hydroxylation is 1. The van der Waals surface area contributed by atoms with Gasteiger partial charge < -0.3 is 15.4 Å². The molecule has 1 aromatic heterocycles. The van der Waals surface area contributed by atoms with Gasteiger partial charge in [0, 0.05) is 18.9 Å². The van der Waals surface area contributed by atoms with E-state index >= 15 is 0 Å². The summed E-state index contributed by atoms with van der Waals surface area (Å²) in [5.41, 5.74) is 2.68. The fourth-order valence-electron chi connectivity index (χ4n) is 2.95. The van der Waals surface area contributed by atoms with E-state index in [1.165, 1.54) is 0 Å². The van der Waals surface area contributed by atoms with E-state index in [-0.39, 0.29) is 11.8 Å². The molecule has 0 aliphatic heterocycles. The highest BCUT2D eigenvalue weighted by Gasteiger charge is 2.21. The zero-order valence-corrected chi connectivity index (χ0v) is 17.1. The number of hydrogen-bond acceptors (Lipinski definition) is 4. The molecule has 30 heavy (non-hydrogen) atoms. The smallest absolute Gasteiger partial charge is 0.265 e. The molecule has 6 nitrogen and oxygen atoms in total. The van der Waals surface area contributed by atoms with Gasteiger partial charge in [-0.2, -0.15) is 0 Å². The van der Waals surface area contributed by atoms with Crippen LogP contribution in [0.4, 0.5) is 5.69 Å². The van der Waals surface area contributed by atoms with Gasteiger partial charge in [0.05, 0.1) is 11.3 Å². The molecule has 6 heteroatoms. The maximum absolute atomic E-state index is 12.8. The Labute approximate surface area is 176 Å². The van der Waals surface area contributed by atoms with E-state index in [1.807, 2.05) is 50.2 Å². The van der Waals surface area contributed by atoms with Gasteiger partial charge in [-0.15, -0.1) is 0 Å². The van der Waals surface area contributed by atoms with Crippen molar-refractivity contribution in [3.05, 3.63) is 89.7 Å². The lowest BCUT2D eigenvalue weighted by atomic mass is 10.1. The summed E-state index contributed by atoms with van der Waals surface area (Å²) in [6, 6.07) is 18.2. The lowest BCUT2D eigenvalue weighted by Crippen LogP contribution is -2.33. The van der Waals surface area contributed by atoms with Crippen molar-refractivity contribution in [3.63, 3.8) is 0 Å². The summed E-state index contributed by atoms with van der Waals surface area (Å²) in [6.45, 7) is 4.17. The number of aromatic nitrogens is 1. The molecule has 0 saturated heterocycles. The maximum atomic E-state index is 12.8. The third kappa shape index (κ3) is 5.44. The molecule has 3 aromatic rings. The monoisotopic (exact) mass is 403 g/mol. The zero-order chi connectivity index (χ0) is 21.3. The molecule has 1 atom stereocenters. The number of ether oxygens (including phenoxy) is 1. The van der Waals surface area contributed by atoms with Crippen LogP contribution in [0.1, 0.15) is 34.8 Å². The minimum absolute atomic E-state index is 0.275. The molecule has 3 rings (SSSR count). The molecule has 2 N–H and O–H groups in total. The van der Waals surface area contributed by atoms with E-state index in [0.29, 0.717) is 30.0 Å². The Morgan fingerprint density at radius 3 is 2.53 bits per heavy atom. The van der Waals surface area contributed by atoms with Crippen LogP contribution in [-0.4, -0.2) is 22.9 Å². The van der Waals surface area contributed by atoms with Crippen molar-refractivity contribution >= 4 is 17.5 Å². The first-order valence-electron chi connectivity index (χ1n) is 9.87. The highest BCUT2D eigenvalue weighted by atomic mass is 16.5. The molecule has 0 aliphatic rings. The molecule has 0 fully saturated rings. The third-order valence-corrected chi connectivity index (χ3v) is 4.63. The normalized spacial score (nSPS) is 11.4. The van der Waals surface area contributed by atoms with Gasteiger partial charge in [-0.1, -0.05) is 43.3 Å². The van der Waals surface area contributed by atoms with Gasteiger partial charge in [0.1, 0.15) is 5.75 Å². The summed E-state index contributed by atoms with van der Waals surface area (Å²) < 4.78 is 5.91. The van der Waals surface area contributed by atoms with Gasteiger partial charge in [0.15, 0.2) is 6.10 Å². The topological polar surface area (TPSA) is 80.3 Å². The number of nitrogens with one attached hydrogen (secondary N) is 2. The van der Waals surface area contributed by atoms with Crippen molar-refractivity contribution in [2.45, 2.75) is 32.9 Å². The average Bonchev–Trinajstić information content (AvgIpc) is 2.78. The maximum Gasteiger partial charge on any atom is 0.265 e. The molecular weight excluding hydrogens is 378 g/mol. The number of rotatable bonds is 8. The quantitative estimate of drug-likeness (QED) is 0.593. The van der Waals surface area contributed by atoms with Gasteiger partial charge in [-0.05, 0) is 48.7 Å². The molecule has 0 radical (unpaired) electrons. The Hall–Kier alpha value is -3.67. The molecule has 0 spiro atoms. The van der Waals surface area contributed by atoms with E-state index in [2.05, 4.69) is 15.6 Å². The number of anilines is 1. The van der Waals surface area contributed by atoms with Crippen molar-refractivity contribution in [2.24, 2.45) is 0 Å². The molecule has 0 bridgehead atoms. The summed E-state index contributed by atoms with van der Waals surface area (Å²) in [5.74, 6) is 0.0953. The fraction of sp³-hybridized carbons (Fsp3) is 0.208. The SMILES string of the molecule is CC[C@H](Oc1ccccc1C)C(=O)Nc1ccccc1C(=O)NCc1cccnc1. The molecule has 0 saturated carbocycles. The first-order chi connectivity index (χ1) is 14.6. The molecule has 1 heterocycles. The zero-order valence-electron chi connectivity index (χ0n) is 17.1. The second-order valence-electron chi connectivity index (χ2n) is 6.86. The van der Waals surface area contributed by atoms with Crippen molar-refractivity contribution < 1.29 is 14.3 Å². The number of hydrogen-bond donors (Lipinski definition) is 2. The van der Waals surface area contributed by atoms with Gasteiger partial charge >= 0.3 is 0 Å². The predicted octanol–water partition coefficient (Wildman–Crippen LogP) is 4.12. The highest BCUT2D eigenvalue weighted by molar-refractivity contribution is 6.04. The highest BCUT2D eigenvalue weighted by Crippen LogP contribution is 2.21. The van der Waals surface area contributed by atoms with E-state index in [9.17, 15) is 9.59 Å². The van der Waals surface area contributed by atoms with Crippen molar-refractivity contribution in [1.82, 2.24) is 10.3 Å². The van der Waals surface area contributed by atoms with E-state index in [0.717, 1.165) is 11.1 Å². The third-order valence-electron chi connectivity index (χ3n) is 4.63. The molecule has 0 aliphatic carbocycles. The number of benzene rings is 2. The van der Waals surface area contributed by atoms with Crippen LogP contribution in [0.25, 0.3) is 0 Å². The minimum Gasteiger partial charge on any atom is -0.480 e. The summed E-state index contributed by atoms with van der Waals surface area (Å²) in [5, 5.41) is 5.70. The van der Waals surface area contributed by atoms with Crippen LogP contribution in [0.2, 0.25) is 0 Å². The predicted molar refractivity (Wildman–Crippen MR) is 116 cm³/mol. The lowest BCUT2D eigenvalue weighted by Gasteiger charge is -2.19. The van der Waals surface area contributed by atoms with Crippen molar-refractivity contribution in [2.75, 3.05) is 5.32 Å². The van der Waals surface area contributed by atoms with Crippen molar-refractivity contribution in [1.29, 1.82) is 0 Å². The van der Waals surface area contributed by atoms with Gasteiger partial charge in [0.2, 0.25) is 0 Å². The first kappa shape index (κ1) is 21.0. The summed E-state index contributed by atoms with van der Waals surface area (Å²) in [7, 11) is 0. The van der Waals surface area contributed by atoms with Gasteiger partial charge in [-0.25, -0.2) is 0 Å². The number of amides is 2. The number of nitrogens with zero attached hydrogens (tertiary/aromatic N) is 1. The van der Waals surface area contributed by atoms with Crippen LogP contribution in [0.3, 0.4) is 0 Å². The van der Waals surface area contributed by atoms with Crippen LogP contribution in [0, 0.1) is 6.92 Å². The van der Waals surface area contributed by atoms with E-state index in [1.54, 1.807) is 36.7 Å². The number of pyridine rings is 1. The first-order valence-corrected chi connectivity index (χ1v) is 9.87. The Kier molecular flexibility index (Phi) is 7.16. The fourth-order valence-corrected chi connectivity index (χ4v) is 2.95. The molecule has 2 amide bonds. The van der Waals surface area contributed by atoms with Crippen LogP contribution < -0.4 is 15.4 Å². The van der Waals surface area contributed by atoms with Crippen molar-refractivity contribution in [3.8, 4) is 5.75 Å². The van der Waals surface area contributed by atoms with E-state index < -0.39 is 6.10 Å². The van der Waals surface area contributed by atoms with Crippen LogP contribution in [0.15, 0.2) is 73.1 Å². The Morgan fingerprint density at radius 2 is 1.80 bits per heavy atom. The Balaban J connectivity index is 1.69. The Bertz CT molecular complexity index is 1010. The number of carbonyl (C=O) groups is 2. The van der Waals surface area contributed by atoms with Crippen LogP contribution in [-0.2, 0) is 11.3 Å². The minimum atomic E-state index is -0.669. The summed E-state index contributed by atoms with van der Waals surface area (Å²) >= 11 is 0.